The van der Waals surface area contributed by atoms with E-state index >= 15 is 0 Å². The highest BCUT2D eigenvalue weighted by Gasteiger charge is 2.37. The van der Waals surface area contributed by atoms with Gasteiger partial charge in [0.1, 0.15) is 0 Å². The molecule has 2 aromatic rings. The summed E-state index contributed by atoms with van der Waals surface area (Å²) in [6, 6.07) is 15.4. The molecule has 7 heteroatoms. The van der Waals surface area contributed by atoms with Gasteiger partial charge in [0.05, 0.1) is 5.92 Å². The number of amides is 2. The van der Waals surface area contributed by atoms with Crippen molar-refractivity contribution in [3.05, 3.63) is 54.1 Å². The second-order valence-electron chi connectivity index (χ2n) is 7.14. The first-order valence-electron chi connectivity index (χ1n) is 9.56. The van der Waals surface area contributed by atoms with E-state index < -0.39 is 11.9 Å². The van der Waals surface area contributed by atoms with E-state index in [0.717, 1.165) is 28.3 Å². The molecule has 1 fully saturated rings. The number of hydrogen-bond acceptors (Lipinski definition) is 5. The number of rotatable bonds is 5. The fourth-order valence-electron chi connectivity index (χ4n) is 3.82. The standard InChI is InChI=1S/C22H22N2O4S/c1-29-18-7-4-6-17(12-18)24-13-16(11-20(24)25)22(27)28-14-21(26)23-10-9-15-5-2-3-8-19(15)23/h2-8,12,16H,9-11,13-14H2,1H3/t16-/m1/s1. The first kappa shape index (κ1) is 19.5. The largest absolute Gasteiger partial charge is 0.455 e. The Bertz CT molecular complexity index is 961. The van der Waals surface area contributed by atoms with Crippen LogP contribution < -0.4 is 9.80 Å². The number of nitrogens with zero attached hydrogens (tertiary/aromatic N) is 2. The minimum absolute atomic E-state index is 0.100. The van der Waals surface area contributed by atoms with Gasteiger partial charge in [0.25, 0.3) is 5.91 Å². The second-order valence-corrected chi connectivity index (χ2v) is 8.02. The molecule has 29 heavy (non-hydrogen) atoms. The van der Waals surface area contributed by atoms with E-state index in [2.05, 4.69) is 0 Å². The maximum absolute atomic E-state index is 12.5. The Balaban J connectivity index is 1.35. The van der Waals surface area contributed by atoms with Gasteiger partial charge in [0, 0.05) is 35.8 Å². The van der Waals surface area contributed by atoms with Gasteiger partial charge in [-0.05, 0) is 42.5 Å². The first-order chi connectivity index (χ1) is 14.1. The lowest BCUT2D eigenvalue weighted by Gasteiger charge is -2.18. The molecule has 2 aliphatic rings. The van der Waals surface area contributed by atoms with Gasteiger partial charge in [0.15, 0.2) is 6.61 Å². The number of thioether (sulfide) groups is 1. The molecule has 1 atom stereocenters. The Kier molecular flexibility index (Phi) is 5.58. The monoisotopic (exact) mass is 410 g/mol. The molecule has 4 rings (SSSR count). The molecule has 0 bridgehead atoms. The predicted octanol–water partition coefficient (Wildman–Crippen LogP) is 2.89. The molecule has 0 unspecified atom stereocenters. The average Bonchev–Trinajstić information content (AvgIpc) is 3.35. The van der Waals surface area contributed by atoms with Crippen LogP contribution in [0.4, 0.5) is 11.4 Å². The van der Waals surface area contributed by atoms with E-state index in [4.69, 9.17) is 4.74 Å². The van der Waals surface area contributed by atoms with Crippen LogP contribution in [0.2, 0.25) is 0 Å². The third-order valence-corrected chi connectivity index (χ3v) is 6.07. The number of ether oxygens (including phenoxy) is 1. The van der Waals surface area contributed by atoms with Crippen molar-refractivity contribution >= 4 is 40.9 Å². The summed E-state index contributed by atoms with van der Waals surface area (Å²) in [5, 5.41) is 0. The van der Waals surface area contributed by atoms with Gasteiger partial charge in [-0.1, -0.05) is 24.3 Å². The summed E-state index contributed by atoms with van der Waals surface area (Å²) >= 11 is 1.60. The smallest absolute Gasteiger partial charge is 0.311 e. The van der Waals surface area contributed by atoms with Gasteiger partial charge in [0.2, 0.25) is 5.91 Å². The number of hydrogen-bond donors (Lipinski definition) is 0. The SMILES string of the molecule is CSc1cccc(N2C[C@H](C(=O)OCC(=O)N3CCc4ccccc43)CC2=O)c1. The van der Waals surface area contributed by atoms with Crippen LogP contribution in [0.5, 0.6) is 0 Å². The van der Waals surface area contributed by atoms with Gasteiger partial charge < -0.3 is 14.5 Å². The van der Waals surface area contributed by atoms with E-state index in [1.165, 1.54) is 0 Å². The molecule has 6 nitrogen and oxygen atoms in total. The van der Waals surface area contributed by atoms with Crippen molar-refractivity contribution in [3.63, 3.8) is 0 Å². The van der Waals surface area contributed by atoms with Gasteiger partial charge in [-0.3, -0.25) is 14.4 Å². The lowest BCUT2D eigenvalue weighted by molar-refractivity contribution is -0.151. The third kappa shape index (κ3) is 4.00. The van der Waals surface area contributed by atoms with Crippen LogP contribution in [-0.2, 0) is 25.5 Å². The molecular formula is C22H22N2O4S. The van der Waals surface area contributed by atoms with Gasteiger partial charge in [-0.25, -0.2) is 0 Å². The van der Waals surface area contributed by atoms with Crippen LogP contribution in [0.3, 0.4) is 0 Å². The zero-order chi connectivity index (χ0) is 20.4. The van der Waals surface area contributed by atoms with E-state index in [0.29, 0.717) is 6.54 Å². The minimum Gasteiger partial charge on any atom is -0.455 e. The molecule has 0 N–H and O–H groups in total. The van der Waals surface area contributed by atoms with Crippen molar-refractivity contribution in [2.45, 2.75) is 17.7 Å². The number of anilines is 2. The van der Waals surface area contributed by atoms with Crippen molar-refractivity contribution in [1.82, 2.24) is 0 Å². The molecule has 2 heterocycles. The molecule has 0 saturated carbocycles. The molecule has 2 aromatic carbocycles. The number of esters is 1. The van der Waals surface area contributed by atoms with Crippen molar-refractivity contribution < 1.29 is 19.1 Å². The van der Waals surface area contributed by atoms with Crippen LogP contribution in [0.15, 0.2) is 53.4 Å². The predicted molar refractivity (Wildman–Crippen MR) is 112 cm³/mol. The number of fused-ring (bicyclic) bond motifs is 1. The summed E-state index contributed by atoms with van der Waals surface area (Å²) in [6.45, 7) is 0.563. The molecule has 0 aromatic heterocycles. The molecule has 2 amide bonds. The van der Waals surface area contributed by atoms with E-state index in [9.17, 15) is 14.4 Å². The molecule has 2 aliphatic heterocycles. The van der Waals surface area contributed by atoms with E-state index in [1.807, 2.05) is 54.8 Å². The Morgan fingerprint density at radius 3 is 2.83 bits per heavy atom. The summed E-state index contributed by atoms with van der Waals surface area (Å²) in [6.07, 6.45) is 2.88. The number of carbonyl (C=O) groups excluding carboxylic acids is 3. The molecule has 0 spiro atoms. The summed E-state index contributed by atoms with van der Waals surface area (Å²) in [5.41, 5.74) is 2.78. The van der Waals surface area contributed by atoms with Crippen molar-refractivity contribution in [1.29, 1.82) is 0 Å². The molecule has 150 valence electrons. The zero-order valence-corrected chi connectivity index (χ0v) is 17.0. The Labute approximate surface area is 173 Å². The quantitative estimate of drug-likeness (QED) is 0.560. The Hall–Kier alpha value is -2.80. The number of para-hydroxylation sites is 1. The van der Waals surface area contributed by atoms with Crippen molar-refractivity contribution in [2.24, 2.45) is 5.92 Å². The maximum Gasteiger partial charge on any atom is 0.311 e. The highest BCUT2D eigenvalue weighted by Crippen LogP contribution is 2.29. The zero-order valence-electron chi connectivity index (χ0n) is 16.2. The highest BCUT2D eigenvalue weighted by atomic mass is 32.2. The van der Waals surface area contributed by atoms with Crippen molar-refractivity contribution in [3.8, 4) is 0 Å². The van der Waals surface area contributed by atoms with Gasteiger partial charge in [-0.15, -0.1) is 11.8 Å². The fourth-order valence-corrected chi connectivity index (χ4v) is 4.27. The molecule has 1 saturated heterocycles. The molecule has 0 radical (unpaired) electrons. The van der Waals surface area contributed by atoms with Crippen LogP contribution in [0, 0.1) is 5.92 Å². The highest BCUT2D eigenvalue weighted by molar-refractivity contribution is 7.98. The normalized spacial score (nSPS) is 18.1. The number of carbonyl (C=O) groups is 3. The van der Waals surface area contributed by atoms with Gasteiger partial charge in [-0.2, -0.15) is 0 Å². The minimum atomic E-state index is -0.556. The van der Waals surface area contributed by atoms with Crippen LogP contribution in [-0.4, -0.2) is 43.7 Å². The van der Waals surface area contributed by atoms with Gasteiger partial charge >= 0.3 is 5.97 Å². The summed E-state index contributed by atoms with van der Waals surface area (Å²) in [7, 11) is 0. The first-order valence-corrected chi connectivity index (χ1v) is 10.8. The average molecular weight is 410 g/mol. The molecule has 0 aliphatic carbocycles. The van der Waals surface area contributed by atoms with Crippen LogP contribution >= 0.6 is 11.8 Å². The van der Waals surface area contributed by atoms with Crippen LogP contribution in [0.25, 0.3) is 0 Å². The molecular weight excluding hydrogens is 388 g/mol. The summed E-state index contributed by atoms with van der Waals surface area (Å²) < 4.78 is 5.28. The summed E-state index contributed by atoms with van der Waals surface area (Å²) in [4.78, 5) is 41.7. The Morgan fingerprint density at radius 2 is 2.00 bits per heavy atom. The van der Waals surface area contributed by atoms with E-state index in [-0.39, 0.29) is 31.4 Å². The third-order valence-electron chi connectivity index (χ3n) is 5.35. The second kappa shape index (κ2) is 8.29. The number of benzene rings is 2. The topological polar surface area (TPSA) is 66.9 Å². The lowest BCUT2D eigenvalue weighted by atomic mass is 10.1. The summed E-state index contributed by atoms with van der Waals surface area (Å²) in [5.74, 6) is -1.40. The lowest BCUT2D eigenvalue weighted by Crippen LogP contribution is -2.34. The van der Waals surface area contributed by atoms with E-state index in [1.54, 1.807) is 21.6 Å². The fraction of sp³-hybridized carbons (Fsp3) is 0.318. The van der Waals surface area contributed by atoms with Crippen LogP contribution in [0.1, 0.15) is 12.0 Å². The van der Waals surface area contributed by atoms with Crippen molar-refractivity contribution in [2.75, 3.05) is 35.8 Å². The Morgan fingerprint density at radius 1 is 1.17 bits per heavy atom. The maximum atomic E-state index is 12.5.